The van der Waals surface area contributed by atoms with E-state index in [2.05, 4.69) is 38.0 Å². The predicted octanol–water partition coefficient (Wildman–Crippen LogP) is 1.96. The number of hydrogen-bond acceptors (Lipinski definition) is 2. The molecule has 1 aliphatic rings. The standard InChI is InChI=1S/C12H26N2/c1-5-11-8-13-9-12(11)14(4)7-6-10(2)3/h10-13H,5-9H2,1-4H3. The van der Waals surface area contributed by atoms with Crippen molar-refractivity contribution in [1.29, 1.82) is 0 Å². The minimum Gasteiger partial charge on any atom is -0.315 e. The molecule has 2 atom stereocenters. The summed E-state index contributed by atoms with van der Waals surface area (Å²) in [5.74, 6) is 1.69. The summed E-state index contributed by atoms with van der Waals surface area (Å²) in [6, 6.07) is 0.777. The Bertz CT molecular complexity index is 156. The van der Waals surface area contributed by atoms with Crippen LogP contribution in [0.4, 0.5) is 0 Å². The number of rotatable bonds is 5. The second-order valence-corrected chi connectivity index (χ2v) is 5.06. The van der Waals surface area contributed by atoms with Crippen LogP contribution < -0.4 is 5.32 Å². The number of likely N-dealkylation sites (N-methyl/N-ethyl adjacent to an activating group) is 1. The molecule has 84 valence electrons. The van der Waals surface area contributed by atoms with Crippen LogP contribution in [0, 0.1) is 11.8 Å². The van der Waals surface area contributed by atoms with Gasteiger partial charge in [-0.05, 0) is 38.4 Å². The first-order valence-corrected chi connectivity index (χ1v) is 6.06. The van der Waals surface area contributed by atoms with Gasteiger partial charge in [0.2, 0.25) is 0 Å². The van der Waals surface area contributed by atoms with Crippen LogP contribution in [0.5, 0.6) is 0 Å². The van der Waals surface area contributed by atoms with Crippen molar-refractivity contribution in [2.45, 2.75) is 39.7 Å². The molecular formula is C12H26N2. The average Bonchev–Trinajstić information content (AvgIpc) is 2.61. The lowest BCUT2D eigenvalue weighted by Crippen LogP contribution is -2.38. The third kappa shape index (κ3) is 3.25. The lowest BCUT2D eigenvalue weighted by Gasteiger charge is -2.28. The monoisotopic (exact) mass is 198 g/mol. The maximum absolute atomic E-state index is 3.50. The van der Waals surface area contributed by atoms with Crippen molar-refractivity contribution >= 4 is 0 Å². The van der Waals surface area contributed by atoms with Crippen LogP contribution in [-0.4, -0.2) is 37.6 Å². The lowest BCUT2D eigenvalue weighted by molar-refractivity contribution is 0.199. The molecule has 0 radical (unpaired) electrons. The fraction of sp³-hybridized carbons (Fsp3) is 1.00. The van der Waals surface area contributed by atoms with Gasteiger partial charge in [0.1, 0.15) is 0 Å². The molecule has 1 rings (SSSR count). The molecule has 0 spiro atoms. The molecular weight excluding hydrogens is 172 g/mol. The van der Waals surface area contributed by atoms with Crippen molar-refractivity contribution in [3.63, 3.8) is 0 Å². The average molecular weight is 198 g/mol. The van der Waals surface area contributed by atoms with E-state index >= 15 is 0 Å². The Morgan fingerprint density at radius 2 is 2.07 bits per heavy atom. The second kappa shape index (κ2) is 5.72. The van der Waals surface area contributed by atoms with E-state index in [9.17, 15) is 0 Å². The van der Waals surface area contributed by atoms with Crippen molar-refractivity contribution in [3.05, 3.63) is 0 Å². The third-order valence-electron chi connectivity index (χ3n) is 3.45. The van der Waals surface area contributed by atoms with Crippen molar-refractivity contribution in [1.82, 2.24) is 10.2 Å². The zero-order valence-corrected chi connectivity index (χ0v) is 10.2. The first-order valence-electron chi connectivity index (χ1n) is 6.06. The molecule has 1 saturated heterocycles. The molecule has 2 unspecified atom stereocenters. The summed E-state index contributed by atoms with van der Waals surface area (Å²) < 4.78 is 0. The largest absolute Gasteiger partial charge is 0.315 e. The molecule has 0 aromatic rings. The highest BCUT2D eigenvalue weighted by Gasteiger charge is 2.28. The number of hydrogen-bond donors (Lipinski definition) is 1. The van der Waals surface area contributed by atoms with Gasteiger partial charge in [-0.15, -0.1) is 0 Å². The van der Waals surface area contributed by atoms with E-state index in [-0.39, 0.29) is 0 Å². The Hall–Kier alpha value is -0.0800. The highest BCUT2D eigenvalue weighted by atomic mass is 15.2. The summed E-state index contributed by atoms with van der Waals surface area (Å²) >= 11 is 0. The van der Waals surface area contributed by atoms with Crippen LogP contribution in [0.25, 0.3) is 0 Å². The van der Waals surface area contributed by atoms with Crippen LogP contribution in [-0.2, 0) is 0 Å². The fourth-order valence-corrected chi connectivity index (χ4v) is 2.28. The smallest absolute Gasteiger partial charge is 0.0257 e. The summed E-state index contributed by atoms with van der Waals surface area (Å²) in [6.07, 6.45) is 2.63. The van der Waals surface area contributed by atoms with E-state index in [0.717, 1.165) is 17.9 Å². The molecule has 2 heteroatoms. The zero-order chi connectivity index (χ0) is 10.6. The molecule has 14 heavy (non-hydrogen) atoms. The Labute approximate surface area is 89.1 Å². The van der Waals surface area contributed by atoms with Gasteiger partial charge in [-0.25, -0.2) is 0 Å². The van der Waals surface area contributed by atoms with E-state index in [4.69, 9.17) is 0 Å². The van der Waals surface area contributed by atoms with E-state index < -0.39 is 0 Å². The molecule has 0 amide bonds. The van der Waals surface area contributed by atoms with Gasteiger partial charge in [0.25, 0.3) is 0 Å². The highest BCUT2D eigenvalue weighted by Crippen LogP contribution is 2.18. The summed E-state index contributed by atoms with van der Waals surface area (Å²) in [7, 11) is 2.28. The maximum atomic E-state index is 3.50. The van der Waals surface area contributed by atoms with Gasteiger partial charge in [0.15, 0.2) is 0 Å². The second-order valence-electron chi connectivity index (χ2n) is 5.06. The predicted molar refractivity (Wildman–Crippen MR) is 62.5 cm³/mol. The van der Waals surface area contributed by atoms with Gasteiger partial charge >= 0.3 is 0 Å². The minimum absolute atomic E-state index is 0.777. The summed E-state index contributed by atoms with van der Waals surface area (Å²) in [6.45, 7) is 10.6. The summed E-state index contributed by atoms with van der Waals surface area (Å²) in [5, 5.41) is 3.50. The number of nitrogens with one attached hydrogen (secondary N) is 1. The van der Waals surface area contributed by atoms with E-state index in [0.29, 0.717) is 0 Å². The van der Waals surface area contributed by atoms with E-state index in [1.165, 1.54) is 32.5 Å². The van der Waals surface area contributed by atoms with Gasteiger partial charge < -0.3 is 10.2 Å². The molecule has 1 fully saturated rings. The number of nitrogens with zero attached hydrogens (tertiary/aromatic N) is 1. The van der Waals surface area contributed by atoms with Crippen LogP contribution in [0.15, 0.2) is 0 Å². The Morgan fingerprint density at radius 3 is 2.64 bits per heavy atom. The van der Waals surface area contributed by atoms with E-state index in [1.807, 2.05) is 0 Å². The lowest BCUT2D eigenvalue weighted by atomic mass is 9.99. The van der Waals surface area contributed by atoms with Crippen molar-refractivity contribution in [3.8, 4) is 0 Å². The van der Waals surface area contributed by atoms with Crippen molar-refractivity contribution < 1.29 is 0 Å². The van der Waals surface area contributed by atoms with Crippen molar-refractivity contribution in [2.75, 3.05) is 26.7 Å². The first kappa shape index (κ1) is 12.0. The van der Waals surface area contributed by atoms with Crippen molar-refractivity contribution in [2.24, 2.45) is 11.8 Å². The molecule has 1 heterocycles. The molecule has 0 aromatic heterocycles. The SMILES string of the molecule is CCC1CNCC1N(C)CCC(C)C. The summed E-state index contributed by atoms with van der Waals surface area (Å²) in [4.78, 5) is 2.55. The topological polar surface area (TPSA) is 15.3 Å². The van der Waals surface area contributed by atoms with Crippen LogP contribution in [0.3, 0.4) is 0 Å². The van der Waals surface area contributed by atoms with Gasteiger partial charge in [-0.3, -0.25) is 0 Å². The molecule has 1 aliphatic heterocycles. The Kier molecular flexibility index (Phi) is 4.90. The Balaban J connectivity index is 2.31. The fourth-order valence-electron chi connectivity index (χ4n) is 2.28. The van der Waals surface area contributed by atoms with Crippen LogP contribution >= 0.6 is 0 Å². The highest BCUT2D eigenvalue weighted by molar-refractivity contribution is 4.86. The van der Waals surface area contributed by atoms with E-state index in [1.54, 1.807) is 0 Å². The first-order chi connectivity index (χ1) is 6.65. The van der Waals surface area contributed by atoms with Gasteiger partial charge in [-0.2, -0.15) is 0 Å². The maximum Gasteiger partial charge on any atom is 0.0257 e. The van der Waals surface area contributed by atoms with Gasteiger partial charge in [0.05, 0.1) is 0 Å². The molecule has 0 aromatic carbocycles. The molecule has 0 aliphatic carbocycles. The Morgan fingerprint density at radius 1 is 1.36 bits per heavy atom. The molecule has 0 bridgehead atoms. The van der Waals surface area contributed by atoms with Gasteiger partial charge in [-0.1, -0.05) is 27.2 Å². The summed E-state index contributed by atoms with van der Waals surface area (Å²) in [5.41, 5.74) is 0. The van der Waals surface area contributed by atoms with Gasteiger partial charge in [0, 0.05) is 12.6 Å². The molecule has 2 nitrogen and oxygen atoms in total. The zero-order valence-electron chi connectivity index (χ0n) is 10.2. The quantitative estimate of drug-likeness (QED) is 0.726. The van der Waals surface area contributed by atoms with Crippen LogP contribution in [0.1, 0.15) is 33.6 Å². The molecule has 1 N–H and O–H groups in total. The minimum atomic E-state index is 0.777. The molecule has 0 saturated carbocycles. The third-order valence-corrected chi connectivity index (χ3v) is 3.45. The normalized spacial score (nSPS) is 27.9. The van der Waals surface area contributed by atoms with Crippen LogP contribution in [0.2, 0.25) is 0 Å².